The summed E-state index contributed by atoms with van der Waals surface area (Å²) in [4.78, 5) is 14.2. The molecule has 1 aliphatic carbocycles. The summed E-state index contributed by atoms with van der Waals surface area (Å²) < 4.78 is 0. The highest BCUT2D eigenvalue weighted by Gasteiger charge is 2.31. The van der Waals surface area contributed by atoms with Gasteiger partial charge in [0.25, 0.3) is 0 Å². The minimum Gasteiger partial charge on any atom is -0.338 e. The van der Waals surface area contributed by atoms with Crippen molar-refractivity contribution in [2.75, 3.05) is 13.1 Å². The summed E-state index contributed by atoms with van der Waals surface area (Å²) in [5.41, 5.74) is 5.78. The van der Waals surface area contributed by atoms with Crippen LogP contribution in [0.2, 0.25) is 0 Å². The Hall–Kier alpha value is -0.570. The van der Waals surface area contributed by atoms with Crippen molar-refractivity contribution in [1.82, 2.24) is 4.90 Å². The minimum atomic E-state index is 0.302. The molecule has 1 heterocycles. The summed E-state index contributed by atoms with van der Waals surface area (Å²) in [5, 5.41) is 0. The van der Waals surface area contributed by atoms with E-state index in [1.54, 1.807) is 0 Å². The quantitative estimate of drug-likeness (QED) is 0.794. The number of hydrogen-bond acceptors (Lipinski definition) is 2. The van der Waals surface area contributed by atoms with E-state index in [-0.39, 0.29) is 0 Å². The SMILES string of the molecule is CC1CCN(C(=O)CC2CCC2)C(CN)C1. The molecule has 0 spiro atoms. The minimum absolute atomic E-state index is 0.302. The zero-order chi connectivity index (χ0) is 11.5. The van der Waals surface area contributed by atoms with Crippen LogP contribution >= 0.6 is 0 Å². The Balaban J connectivity index is 1.87. The van der Waals surface area contributed by atoms with Crippen molar-refractivity contribution in [3.8, 4) is 0 Å². The third kappa shape index (κ3) is 2.57. The number of nitrogens with zero attached hydrogens (tertiary/aromatic N) is 1. The molecular weight excluding hydrogens is 200 g/mol. The summed E-state index contributed by atoms with van der Waals surface area (Å²) in [6.45, 7) is 3.81. The molecule has 2 atom stereocenters. The molecule has 1 aliphatic heterocycles. The first-order valence-electron chi connectivity index (χ1n) is 6.70. The molecule has 2 unspecified atom stereocenters. The molecule has 1 saturated carbocycles. The van der Waals surface area contributed by atoms with Crippen molar-refractivity contribution >= 4 is 5.91 Å². The van der Waals surface area contributed by atoms with Crippen LogP contribution in [0.1, 0.15) is 45.4 Å². The molecule has 3 nitrogen and oxygen atoms in total. The van der Waals surface area contributed by atoms with Crippen LogP contribution in [0.15, 0.2) is 0 Å². The summed E-state index contributed by atoms with van der Waals surface area (Å²) in [6, 6.07) is 0.302. The van der Waals surface area contributed by atoms with Gasteiger partial charge in [0.05, 0.1) is 0 Å². The van der Waals surface area contributed by atoms with E-state index in [1.807, 2.05) is 0 Å². The Bertz CT molecular complexity index is 250. The van der Waals surface area contributed by atoms with Crippen LogP contribution < -0.4 is 5.73 Å². The molecule has 0 aromatic heterocycles. The number of hydrogen-bond donors (Lipinski definition) is 1. The van der Waals surface area contributed by atoms with E-state index in [9.17, 15) is 4.79 Å². The van der Waals surface area contributed by atoms with E-state index in [0.29, 0.717) is 24.4 Å². The van der Waals surface area contributed by atoms with Crippen molar-refractivity contribution in [2.24, 2.45) is 17.6 Å². The Labute approximate surface area is 98.4 Å². The Morgan fingerprint density at radius 1 is 1.38 bits per heavy atom. The third-order valence-electron chi connectivity index (χ3n) is 4.26. The van der Waals surface area contributed by atoms with Gasteiger partial charge in [0.15, 0.2) is 0 Å². The van der Waals surface area contributed by atoms with Gasteiger partial charge in [-0.2, -0.15) is 0 Å². The lowest BCUT2D eigenvalue weighted by atomic mass is 9.82. The van der Waals surface area contributed by atoms with E-state index >= 15 is 0 Å². The molecule has 2 N–H and O–H groups in total. The highest BCUT2D eigenvalue weighted by molar-refractivity contribution is 5.77. The molecule has 92 valence electrons. The second kappa shape index (κ2) is 5.17. The molecule has 2 fully saturated rings. The zero-order valence-corrected chi connectivity index (χ0v) is 10.3. The van der Waals surface area contributed by atoms with Crippen LogP contribution in [0.5, 0.6) is 0 Å². The average Bonchev–Trinajstić information content (AvgIpc) is 2.23. The van der Waals surface area contributed by atoms with Crippen molar-refractivity contribution in [3.05, 3.63) is 0 Å². The highest BCUT2D eigenvalue weighted by atomic mass is 16.2. The number of amides is 1. The molecule has 0 bridgehead atoms. The molecular formula is C13H24N2O. The van der Waals surface area contributed by atoms with E-state index in [4.69, 9.17) is 5.73 Å². The van der Waals surface area contributed by atoms with Gasteiger partial charge in [-0.25, -0.2) is 0 Å². The predicted molar refractivity (Wildman–Crippen MR) is 64.9 cm³/mol. The summed E-state index contributed by atoms with van der Waals surface area (Å²) in [6.07, 6.45) is 6.83. The maximum atomic E-state index is 12.1. The van der Waals surface area contributed by atoms with Gasteiger partial charge in [-0.3, -0.25) is 4.79 Å². The van der Waals surface area contributed by atoms with E-state index in [1.165, 1.54) is 19.3 Å². The van der Waals surface area contributed by atoms with E-state index < -0.39 is 0 Å². The number of piperidine rings is 1. The fraction of sp³-hybridized carbons (Fsp3) is 0.923. The van der Waals surface area contributed by atoms with Crippen LogP contribution in [-0.2, 0) is 4.79 Å². The molecule has 2 rings (SSSR count). The largest absolute Gasteiger partial charge is 0.338 e. The first kappa shape index (κ1) is 11.9. The molecule has 0 aromatic carbocycles. The first-order valence-corrected chi connectivity index (χ1v) is 6.70. The number of likely N-dealkylation sites (tertiary alicyclic amines) is 1. The highest BCUT2D eigenvalue weighted by Crippen LogP contribution is 2.31. The molecule has 3 heteroatoms. The van der Waals surface area contributed by atoms with Crippen molar-refractivity contribution < 1.29 is 4.79 Å². The Morgan fingerprint density at radius 3 is 2.69 bits per heavy atom. The van der Waals surface area contributed by atoms with Gasteiger partial charge in [0.2, 0.25) is 5.91 Å². The molecule has 0 aromatic rings. The van der Waals surface area contributed by atoms with Crippen LogP contribution in [-0.4, -0.2) is 29.9 Å². The number of carbonyl (C=O) groups is 1. The van der Waals surface area contributed by atoms with Crippen molar-refractivity contribution in [2.45, 2.75) is 51.5 Å². The molecule has 1 saturated heterocycles. The summed E-state index contributed by atoms with van der Waals surface area (Å²) >= 11 is 0. The van der Waals surface area contributed by atoms with Gasteiger partial charge in [-0.1, -0.05) is 13.3 Å². The van der Waals surface area contributed by atoms with Crippen molar-refractivity contribution in [1.29, 1.82) is 0 Å². The summed E-state index contributed by atoms with van der Waals surface area (Å²) in [5.74, 6) is 1.75. The lowest BCUT2D eigenvalue weighted by Crippen LogP contribution is -2.49. The van der Waals surface area contributed by atoms with Crippen LogP contribution in [0.3, 0.4) is 0 Å². The maximum Gasteiger partial charge on any atom is 0.223 e. The predicted octanol–water partition coefficient (Wildman–Crippen LogP) is 1.76. The fourth-order valence-corrected chi connectivity index (χ4v) is 2.86. The smallest absolute Gasteiger partial charge is 0.223 e. The average molecular weight is 224 g/mol. The lowest BCUT2D eigenvalue weighted by molar-refractivity contribution is -0.136. The standard InChI is InChI=1S/C13H24N2O/c1-10-5-6-15(12(7-10)9-14)13(16)8-11-3-2-4-11/h10-12H,2-9,14H2,1H3. The lowest BCUT2D eigenvalue weighted by Gasteiger charge is -2.39. The summed E-state index contributed by atoms with van der Waals surface area (Å²) in [7, 11) is 0. The fourth-order valence-electron chi connectivity index (χ4n) is 2.86. The van der Waals surface area contributed by atoms with Gasteiger partial charge >= 0.3 is 0 Å². The van der Waals surface area contributed by atoms with Crippen LogP contribution in [0.25, 0.3) is 0 Å². The van der Waals surface area contributed by atoms with Crippen molar-refractivity contribution in [3.63, 3.8) is 0 Å². The molecule has 16 heavy (non-hydrogen) atoms. The maximum absolute atomic E-state index is 12.1. The van der Waals surface area contributed by atoms with Gasteiger partial charge in [-0.05, 0) is 37.5 Å². The van der Waals surface area contributed by atoms with Crippen LogP contribution in [0, 0.1) is 11.8 Å². The third-order valence-corrected chi connectivity index (χ3v) is 4.26. The normalized spacial score (nSPS) is 31.2. The van der Waals surface area contributed by atoms with Gasteiger partial charge in [0, 0.05) is 25.6 Å². The molecule has 2 aliphatic rings. The second-order valence-corrected chi connectivity index (χ2v) is 5.61. The van der Waals surface area contributed by atoms with E-state index in [0.717, 1.165) is 31.7 Å². The van der Waals surface area contributed by atoms with Gasteiger partial charge in [0.1, 0.15) is 0 Å². The molecule has 0 radical (unpaired) electrons. The molecule has 1 amide bonds. The zero-order valence-electron chi connectivity index (χ0n) is 10.3. The van der Waals surface area contributed by atoms with Gasteiger partial charge < -0.3 is 10.6 Å². The first-order chi connectivity index (χ1) is 7.70. The van der Waals surface area contributed by atoms with E-state index in [2.05, 4.69) is 11.8 Å². The second-order valence-electron chi connectivity index (χ2n) is 5.61. The Morgan fingerprint density at radius 2 is 2.12 bits per heavy atom. The van der Waals surface area contributed by atoms with Crippen LogP contribution in [0.4, 0.5) is 0 Å². The van der Waals surface area contributed by atoms with Gasteiger partial charge in [-0.15, -0.1) is 0 Å². The monoisotopic (exact) mass is 224 g/mol. The Kier molecular flexibility index (Phi) is 3.85. The topological polar surface area (TPSA) is 46.3 Å². The number of rotatable bonds is 3. The number of carbonyl (C=O) groups excluding carboxylic acids is 1. The number of nitrogens with two attached hydrogens (primary N) is 1.